The molecule has 6 rings (SSSR count). The molecule has 2 N–H and O–H groups in total. The molecule has 0 unspecified atom stereocenters. The van der Waals surface area contributed by atoms with Crippen molar-refractivity contribution in [3.8, 4) is 5.88 Å². The van der Waals surface area contributed by atoms with Crippen molar-refractivity contribution in [2.24, 2.45) is 0 Å². The minimum atomic E-state index is -2.75. The van der Waals surface area contributed by atoms with Gasteiger partial charge in [0.1, 0.15) is 18.5 Å². The van der Waals surface area contributed by atoms with Gasteiger partial charge in [-0.3, -0.25) is 14.9 Å². The number of aromatic nitrogens is 6. The smallest absolute Gasteiger partial charge is 0.259 e. The molecule has 0 spiro atoms. The van der Waals surface area contributed by atoms with Crippen LogP contribution in [0, 0.1) is 6.92 Å². The van der Waals surface area contributed by atoms with Crippen molar-refractivity contribution in [2.75, 3.05) is 82.3 Å². The zero-order valence-corrected chi connectivity index (χ0v) is 28.8. The molecule has 2 saturated heterocycles. The van der Waals surface area contributed by atoms with Crippen molar-refractivity contribution in [2.45, 2.75) is 25.8 Å². The maximum absolute atomic E-state index is 13.4. The van der Waals surface area contributed by atoms with Crippen LogP contribution in [0.3, 0.4) is 0 Å². The largest absolute Gasteiger partial charge is 0.478 e. The number of anilines is 5. The van der Waals surface area contributed by atoms with Crippen molar-refractivity contribution in [3.05, 3.63) is 40.9 Å². The van der Waals surface area contributed by atoms with Crippen LogP contribution < -0.4 is 25.6 Å². The lowest BCUT2D eigenvalue weighted by Crippen LogP contribution is -2.52. The van der Waals surface area contributed by atoms with Gasteiger partial charge in [0.2, 0.25) is 5.95 Å². The molecule has 0 radical (unpaired) electrons. The SMILES string of the molecule is COc1nc(N2CCC(N3CCN(C)CC3)CC2)c(C)nc1Nc1ncc(Br)c(Nc2ccc3nccnc3c2P(C)(C)=O)n1. The number of benzene rings is 1. The monoisotopic (exact) mass is 695 g/mol. The summed E-state index contributed by atoms with van der Waals surface area (Å²) in [6.07, 6.45) is 7.07. The number of methoxy groups -OCH3 is 1. The number of fused-ring (bicyclic) bond motifs is 1. The fourth-order valence-electron chi connectivity index (χ4n) is 6.07. The third kappa shape index (κ3) is 6.89. The van der Waals surface area contributed by atoms with E-state index < -0.39 is 7.14 Å². The second-order valence-electron chi connectivity index (χ2n) is 11.9. The summed E-state index contributed by atoms with van der Waals surface area (Å²) in [4.78, 5) is 35.0. The molecule has 15 heteroatoms. The second-order valence-corrected chi connectivity index (χ2v) is 15.9. The number of hydrogen-bond donors (Lipinski definition) is 2. The number of rotatable bonds is 8. The van der Waals surface area contributed by atoms with E-state index in [-0.39, 0.29) is 0 Å². The summed E-state index contributed by atoms with van der Waals surface area (Å²) in [6.45, 7) is 11.8. The van der Waals surface area contributed by atoms with Gasteiger partial charge in [0, 0.05) is 63.9 Å². The first-order chi connectivity index (χ1) is 21.6. The molecule has 5 heterocycles. The molecule has 2 aliphatic heterocycles. The molecule has 13 nitrogen and oxygen atoms in total. The van der Waals surface area contributed by atoms with Crippen LogP contribution in [0.1, 0.15) is 18.5 Å². The van der Waals surface area contributed by atoms with Crippen molar-refractivity contribution >= 4 is 68.5 Å². The van der Waals surface area contributed by atoms with Crippen LogP contribution in [0.15, 0.2) is 35.2 Å². The lowest BCUT2D eigenvalue weighted by molar-refractivity contribution is 0.0981. The van der Waals surface area contributed by atoms with Crippen molar-refractivity contribution in [3.63, 3.8) is 0 Å². The van der Waals surface area contributed by atoms with Crippen LogP contribution in [-0.2, 0) is 4.57 Å². The highest BCUT2D eigenvalue weighted by molar-refractivity contribution is 9.10. The molecule has 0 atom stereocenters. The molecule has 2 fully saturated rings. The summed E-state index contributed by atoms with van der Waals surface area (Å²) in [5.41, 5.74) is 2.71. The summed E-state index contributed by atoms with van der Waals surface area (Å²) >= 11 is 3.55. The number of nitrogens with one attached hydrogen (secondary N) is 2. The van der Waals surface area contributed by atoms with E-state index in [2.05, 4.69) is 63.3 Å². The maximum atomic E-state index is 13.4. The van der Waals surface area contributed by atoms with Crippen LogP contribution in [0.25, 0.3) is 11.0 Å². The average Bonchev–Trinajstić information content (AvgIpc) is 3.02. The van der Waals surface area contributed by atoms with E-state index in [1.165, 1.54) is 0 Å². The Morgan fingerprint density at radius 3 is 2.38 bits per heavy atom. The first-order valence-electron chi connectivity index (χ1n) is 15.1. The Morgan fingerprint density at radius 1 is 0.933 bits per heavy atom. The minimum Gasteiger partial charge on any atom is -0.478 e. The first kappa shape index (κ1) is 31.5. The highest BCUT2D eigenvalue weighted by Gasteiger charge is 2.29. The number of halogens is 1. The number of hydrogen-bond acceptors (Lipinski definition) is 13. The third-order valence-electron chi connectivity index (χ3n) is 8.40. The third-order valence-corrected chi connectivity index (χ3v) is 10.5. The Balaban J connectivity index is 1.21. The first-order valence-corrected chi connectivity index (χ1v) is 18.5. The maximum Gasteiger partial charge on any atom is 0.259 e. The summed E-state index contributed by atoms with van der Waals surface area (Å²) in [7, 11) is 1.03. The van der Waals surface area contributed by atoms with Gasteiger partial charge in [-0.1, -0.05) is 0 Å². The molecular weight excluding hydrogens is 657 g/mol. The molecule has 4 aromatic rings. The van der Waals surface area contributed by atoms with Gasteiger partial charge >= 0.3 is 0 Å². The van der Waals surface area contributed by atoms with E-state index in [0.717, 1.165) is 63.6 Å². The normalized spacial score (nSPS) is 17.1. The summed E-state index contributed by atoms with van der Waals surface area (Å²) in [5, 5.41) is 7.13. The fraction of sp³-hybridized carbons (Fsp3) is 0.467. The zero-order chi connectivity index (χ0) is 31.7. The predicted molar refractivity (Wildman–Crippen MR) is 183 cm³/mol. The Kier molecular flexibility index (Phi) is 9.19. The molecule has 2 aliphatic rings. The Morgan fingerprint density at radius 2 is 1.67 bits per heavy atom. The van der Waals surface area contributed by atoms with Crippen LogP contribution in [0.2, 0.25) is 0 Å². The van der Waals surface area contributed by atoms with Gasteiger partial charge in [-0.2, -0.15) is 9.97 Å². The Bertz CT molecular complexity index is 1740. The standard InChI is InChI=1S/C30H39BrN11O2P/c1-19-28(42-12-8-20(9-13-42)41-16-14-40(2)15-17-41)39-29(44-3)27(35-19)38-30-34-18-21(31)26(37-30)36-23-7-6-22-24(33-11-10-32-22)25(23)45(4,5)43/h6-7,10-11,18,20H,8-9,12-17H2,1-5H3,(H2,34,35,36,37,38). The predicted octanol–water partition coefficient (Wildman–Crippen LogP) is 4.24. The quantitative estimate of drug-likeness (QED) is 0.255. The topological polar surface area (TPSA) is 137 Å². The van der Waals surface area contributed by atoms with Crippen LogP contribution in [0.5, 0.6) is 5.88 Å². The van der Waals surface area contributed by atoms with E-state index in [1.807, 2.05) is 19.1 Å². The zero-order valence-electron chi connectivity index (χ0n) is 26.3. The number of nitrogens with zero attached hydrogens (tertiary/aromatic N) is 9. The van der Waals surface area contributed by atoms with Gasteiger partial charge in [0.15, 0.2) is 11.6 Å². The number of piperazine rings is 1. The number of ether oxygens (including phenoxy) is 1. The van der Waals surface area contributed by atoms with E-state index in [0.29, 0.717) is 56.0 Å². The van der Waals surface area contributed by atoms with Crippen molar-refractivity contribution in [1.29, 1.82) is 0 Å². The van der Waals surface area contributed by atoms with E-state index in [1.54, 1.807) is 39.0 Å². The number of likely N-dealkylation sites (N-methyl/N-ethyl adjacent to an activating group) is 1. The lowest BCUT2D eigenvalue weighted by Gasteiger charge is -2.42. The molecule has 0 saturated carbocycles. The van der Waals surface area contributed by atoms with Crippen molar-refractivity contribution in [1.82, 2.24) is 39.7 Å². The molecule has 3 aromatic heterocycles. The molecule has 0 bridgehead atoms. The van der Waals surface area contributed by atoms with E-state index >= 15 is 0 Å². The molecule has 0 aliphatic carbocycles. The Labute approximate surface area is 271 Å². The lowest BCUT2D eigenvalue weighted by atomic mass is 10.0. The summed E-state index contributed by atoms with van der Waals surface area (Å²) in [6, 6.07) is 4.30. The second kappa shape index (κ2) is 13.1. The van der Waals surface area contributed by atoms with Gasteiger partial charge in [-0.15, -0.1) is 0 Å². The van der Waals surface area contributed by atoms with Crippen LogP contribution in [-0.4, -0.2) is 113 Å². The number of aryl methyl sites for hydroxylation is 1. The minimum absolute atomic E-state index is 0.298. The Hall–Kier alpha value is -3.45. The van der Waals surface area contributed by atoms with Gasteiger partial charge in [0.25, 0.3) is 5.88 Å². The molecule has 238 valence electrons. The average molecular weight is 697 g/mol. The van der Waals surface area contributed by atoms with Gasteiger partial charge in [-0.05, 0) is 68.2 Å². The van der Waals surface area contributed by atoms with Gasteiger partial charge < -0.3 is 29.7 Å². The highest BCUT2D eigenvalue weighted by Crippen LogP contribution is 2.41. The number of piperidine rings is 1. The fourth-order valence-corrected chi connectivity index (χ4v) is 7.75. The van der Waals surface area contributed by atoms with Crippen molar-refractivity contribution < 1.29 is 9.30 Å². The van der Waals surface area contributed by atoms with Crippen LogP contribution >= 0.6 is 23.1 Å². The van der Waals surface area contributed by atoms with E-state index in [9.17, 15) is 4.57 Å². The molecule has 0 amide bonds. The molecule has 45 heavy (non-hydrogen) atoms. The summed E-state index contributed by atoms with van der Waals surface area (Å²) in [5.74, 6) is 2.41. The van der Waals surface area contributed by atoms with Gasteiger partial charge in [-0.25, -0.2) is 9.97 Å². The molecule has 1 aromatic carbocycles. The summed E-state index contributed by atoms with van der Waals surface area (Å²) < 4.78 is 19.7. The van der Waals surface area contributed by atoms with E-state index in [4.69, 9.17) is 19.7 Å². The van der Waals surface area contributed by atoms with Gasteiger partial charge in [0.05, 0.1) is 33.8 Å². The highest BCUT2D eigenvalue weighted by atomic mass is 79.9. The molecular formula is C30H39BrN11O2P. The van der Waals surface area contributed by atoms with Crippen LogP contribution in [0.4, 0.5) is 29.1 Å².